The van der Waals surface area contributed by atoms with E-state index in [2.05, 4.69) is 53.4 Å². The molecule has 6 nitrogen and oxygen atoms in total. The number of amides is 2. The standard InChI is InChI=1S/C17H23Cl2N5OS/c1-10(2)8-24(9-11(3)4)17-23-22-16(26-17)21-15(25)20-14-7-12(18)5-6-13(14)19/h5-7,10-11H,8-9H2,1-4H3,(H2,20,21,22,25). The fraction of sp³-hybridized carbons (Fsp3) is 0.471. The maximum Gasteiger partial charge on any atom is 0.325 e. The normalized spacial score (nSPS) is 11.1. The van der Waals surface area contributed by atoms with E-state index < -0.39 is 6.03 Å². The van der Waals surface area contributed by atoms with Crippen molar-refractivity contribution in [2.45, 2.75) is 27.7 Å². The van der Waals surface area contributed by atoms with Crippen molar-refractivity contribution in [3.63, 3.8) is 0 Å². The molecule has 2 N–H and O–H groups in total. The predicted octanol–water partition coefficient (Wildman–Crippen LogP) is 5.61. The molecule has 2 amide bonds. The number of hydrogen-bond acceptors (Lipinski definition) is 5. The van der Waals surface area contributed by atoms with E-state index in [0.717, 1.165) is 18.2 Å². The minimum Gasteiger partial charge on any atom is -0.346 e. The molecule has 0 spiro atoms. The first kappa shape index (κ1) is 20.7. The van der Waals surface area contributed by atoms with Crippen molar-refractivity contribution in [1.29, 1.82) is 0 Å². The Morgan fingerprint density at radius 2 is 1.77 bits per heavy atom. The molecule has 0 atom stereocenters. The summed E-state index contributed by atoms with van der Waals surface area (Å²) in [6, 6.07) is 4.42. The van der Waals surface area contributed by atoms with Crippen LogP contribution in [0.5, 0.6) is 0 Å². The summed E-state index contributed by atoms with van der Waals surface area (Å²) >= 11 is 13.3. The number of benzene rings is 1. The first-order chi connectivity index (χ1) is 12.2. The predicted molar refractivity (Wildman–Crippen MR) is 111 cm³/mol. The van der Waals surface area contributed by atoms with E-state index in [4.69, 9.17) is 23.2 Å². The van der Waals surface area contributed by atoms with Gasteiger partial charge in [-0.25, -0.2) is 4.79 Å². The van der Waals surface area contributed by atoms with Gasteiger partial charge >= 0.3 is 6.03 Å². The molecule has 9 heteroatoms. The minimum atomic E-state index is -0.448. The van der Waals surface area contributed by atoms with Gasteiger partial charge in [-0.1, -0.05) is 62.2 Å². The summed E-state index contributed by atoms with van der Waals surface area (Å²) in [5, 5.41) is 15.7. The lowest BCUT2D eigenvalue weighted by molar-refractivity contribution is 0.262. The summed E-state index contributed by atoms with van der Waals surface area (Å²) in [7, 11) is 0. The summed E-state index contributed by atoms with van der Waals surface area (Å²) < 4.78 is 0. The molecule has 0 saturated heterocycles. The number of carbonyl (C=O) groups is 1. The maximum absolute atomic E-state index is 12.2. The Morgan fingerprint density at radius 3 is 2.38 bits per heavy atom. The Balaban J connectivity index is 2.04. The van der Waals surface area contributed by atoms with Gasteiger partial charge in [-0.3, -0.25) is 5.32 Å². The van der Waals surface area contributed by atoms with Crippen LogP contribution in [0.4, 0.5) is 20.7 Å². The number of anilines is 3. The third-order valence-corrected chi connectivity index (χ3v) is 4.72. The molecule has 142 valence electrons. The molecule has 1 aromatic heterocycles. The van der Waals surface area contributed by atoms with E-state index in [1.165, 1.54) is 11.3 Å². The van der Waals surface area contributed by atoms with Gasteiger partial charge in [0.05, 0.1) is 10.7 Å². The quantitative estimate of drug-likeness (QED) is 0.616. The van der Waals surface area contributed by atoms with Gasteiger partial charge in [0.2, 0.25) is 10.3 Å². The summed E-state index contributed by atoms with van der Waals surface area (Å²) in [5.74, 6) is 1.00. The molecule has 1 heterocycles. The molecule has 0 aliphatic heterocycles. The summed E-state index contributed by atoms with van der Waals surface area (Å²) in [6.07, 6.45) is 0. The highest BCUT2D eigenvalue weighted by Crippen LogP contribution is 2.27. The molecule has 2 aromatic rings. The third kappa shape index (κ3) is 6.30. The second-order valence-electron chi connectivity index (χ2n) is 6.79. The van der Waals surface area contributed by atoms with Crippen molar-refractivity contribution in [1.82, 2.24) is 10.2 Å². The third-order valence-electron chi connectivity index (χ3n) is 3.25. The summed E-state index contributed by atoms with van der Waals surface area (Å²) in [4.78, 5) is 14.4. The van der Waals surface area contributed by atoms with E-state index in [1.807, 2.05) is 0 Å². The van der Waals surface area contributed by atoms with Crippen LogP contribution < -0.4 is 15.5 Å². The van der Waals surface area contributed by atoms with Gasteiger partial charge in [-0.05, 0) is 30.0 Å². The van der Waals surface area contributed by atoms with Gasteiger partial charge in [0.15, 0.2) is 0 Å². The molecule has 1 aromatic carbocycles. The molecule has 0 aliphatic carbocycles. The lowest BCUT2D eigenvalue weighted by Crippen LogP contribution is -2.31. The highest BCUT2D eigenvalue weighted by molar-refractivity contribution is 7.19. The highest BCUT2D eigenvalue weighted by atomic mass is 35.5. The molecule has 0 fully saturated rings. The maximum atomic E-state index is 12.2. The van der Waals surface area contributed by atoms with Crippen molar-refractivity contribution < 1.29 is 4.79 Å². The average molecular weight is 416 g/mol. The van der Waals surface area contributed by atoms with Crippen LogP contribution in [-0.2, 0) is 0 Å². The molecule has 0 saturated carbocycles. The van der Waals surface area contributed by atoms with Crippen LogP contribution in [0, 0.1) is 11.8 Å². The van der Waals surface area contributed by atoms with Crippen LogP contribution in [0.2, 0.25) is 10.0 Å². The Bertz CT molecular complexity index is 741. The lowest BCUT2D eigenvalue weighted by Gasteiger charge is -2.25. The SMILES string of the molecule is CC(C)CN(CC(C)C)c1nnc(NC(=O)Nc2cc(Cl)ccc2Cl)s1. The van der Waals surface area contributed by atoms with Gasteiger partial charge in [0.25, 0.3) is 0 Å². The number of halogens is 2. The zero-order chi connectivity index (χ0) is 19.3. The molecule has 0 unspecified atom stereocenters. The van der Waals surface area contributed by atoms with Crippen LogP contribution in [0.1, 0.15) is 27.7 Å². The second-order valence-corrected chi connectivity index (χ2v) is 8.59. The monoisotopic (exact) mass is 415 g/mol. The van der Waals surface area contributed by atoms with Crippen LogP contribution in [0.25, 0.3) is 0 Å². The highest BCUT2D eigenvalue weighted by Gasteiger charge is 2.17. The fourth-order valence-corrected chi connectivity index (χ4v) is 3.45. The molecule has 2 rings (SSSR count). The number of urea groups is 1. The molecule has 0 radical (unpaired) electrons. The topological polar surface area (TPSA) is 70.2 Å². The zero-order valence-electron chi connectivity index (χ0n) is 15.2. The van der Waals surface area contributed by atoms with Crippen molar-refractivity contribution in [3.8, 4) is 0 Å². The van der Waals surface area contributed by atoms with Gasteiger partial charge in [0, 0.05) is 18.1 Å². The molecular formula is C17H23Cl2N5OS. The first-order valence-corrected chi connectivity index (χ1v) is 9.93. The van der Waals surface area contributed by atoms with E-state index in [9.17, 15) is 4.79 Å². The van der Waals surface area contributed by atoms with Gasteiger partial charge < -0.3 is 10.2 Å². The van der Waals surface area contributed by atoms with E-state index in [-0.39, 0.29) is 0 Å². The Labute approximate surface area is 167 Å². The molecule has 26 heavy (non-hydrogen) atoms. The number of nitrogens with one attached hydrogen (secondary N) is 2. The van der Waals surface area contributed by atoms with Crippen molar-refractivity contribution in [2.24, 2.45) is 11.8 Å². The Morgan fingerprint density at radius 1 is 1.12 bits per heavy atom. The Hall–Kier alpha value is -1.57. The van der Waals surface area contributed by atoms with E-state index in [1.54, 1.807) is 18.2 Å². The summed E-state index contributed by atoms with van der Waals surface area (Å²) in [5.41, 5.74) is 0.433. The van der Waals surface area contributed by atoms with Crippen molar-refractivity contribution in [3.05, 3.63) is 28.2 Å². The molecule has 0 aliphatic rings. The number of aromatic nitrogens is 2. The number of nitrogens with zero attached hydrogens (tertiary/aromatic N) is 3. The zero-order valence-corrected chi connectivity index (χ0v) is 17.5. The van der Waals surface area contributed by atoms with Crippen LogP contribution >= 0.6 is 34.5 Å². The van der Waals surface area contributed by atoms with Crippen molar-refractivity contribution >= 4 is 56.5 Å². The molecular weight excluding hydrogens is 393 g/mol. The van der Waals surface area contributed by atoms with Gasteiger partial charge in [-0.15, -0.1) is 10.2 Å². The summed E-state index contributed by atoms with van der Waals surface area (Å²) in [6.45, 7) is 10.4. The number of hydrogen-bond donors (Lipinski definition) is 2. The second kappa shape index (κ2) is 9.39. The smallest absolute Gasteiger partial charge is 0.325 e. The lowest BCUT2D eigenvalue weighted by atomic mass is 10.1. The van der Waals surface area contributed by atoms with Crippen LogP contribution in [0.15, 0.2) is 18.2 Å². The fourth-order valence-electron chi connectivity index (χ4n) is 2.35. The number of carbonyl (C=O) groups excluding carboxylic acids is 1. The van der Waals surface area contributed by atoms with Gasteiger partial charge in [-0.2, -0.15) is 0 Å². The van der Waals surface area contributed by atoms with Crippen molar-refractivity contribution in [2.75, 3.05) is 28.6 Å². The minimum absolute atomic E-state index is 0.405. The van der Waals surface area contributed by atoms with Crippen LogP contribution in [-0.4, -0.2) is 29.3 Å². The largest absolute Gasteiger partial charge is 0.346 e. The van der Waals surface area contributed by atoms with Crippen LogP contribution in [0.3, 0.4) is 0 Å². The van der Waals surface area contributed by atoms with Gasteiger partial charge in [0.1, 0.15) is 0 Å². The average Bonchev–Trinajstić information content (AvgIpc) is 2.97. The van der Waals surface area contributed by atoms with E-state index in [0.29, 0.717) is 32.7 Å². The molecule has 0 bridgehead atoms. The Kier molecular flexibility index (Phi) is 7.49. The first-order valence-electron chi connectivity index (χ1n) is 8.36. The number of rotatable bonds is 7. The van der Waals surface area contributed by atoms with E-state index >= 15 is 0 Å².